The lowest BCUT2D eigenvalue weighted by Crippen LogP contribution is -2.30. The first-order valence-electron chi connectivity index (χ1n) is 6.70. The molecule has 24 heavy (non-hydrogen) atoms. The van der Waals surface area contributed by atoms with Gasteiger partial charge >= 0.3 is 5.97 Å². The van der Waals surface area contributed by atoms with E-state index in [0.29, 0.717) is 0 Å². The first kappa shape index (κ1) is 17.8. The van der Waals surface area contributed by atoms with Crippen LogP contribution in [0.25, 0.3) is 0 Å². The van der Waals surface area contributed by atoms with Crippen LogP contribution in [0.4, 0.5) is 18.9 Å². The number of ether oxygens (including phenoxy) is 1. The Morgan fingerprint density at radius 3 is 2.38 bits per heavy atom. The van der Waals surface area contributed by atoms with Crippen molar-refractivity contribution in [2.24, 2.45) is 0 Å². The van der Waals surface area contributed by atoms with Crippen molar-refractivity contribution >= 4 is 29.2 Å². The minimum atomic E-state index is -1.30. The van der Waals surface area contributed by atoms with Crippen molar-refractivity contribution in [1.82, 2.24) is 0 Å². The number of anilines is 1. The number of benzene rings is 2. The van der Waals surface area contributed by atoms with Gasteiger partial charge in [0.25, 0.3) is 5.91 Å². The van der Waals surface area contributed by atoms with Gasteiger partial charge in [-0.05, 0) is 37.3 Å². The van der Waals surface area contributed by atoms with E-state index < -0.39 is 41.0 Å². The van der Waals surface area contributed by atoms with E-state index in [1.807, 2.05) is 0 Å². The molecule has 0 heterocycles. The van der Waals surface area contributed by atoms with Gasteiger partial charge in [0, 0.05) is 16.8 Å². The van der Waals surface area contributed by atoms with Crippen molar-refractivity contribution in [2.75, 3.05) is 5.32 Å². The molecule has 0 spiro atoms. The summed E-state index contributed by atoms with van der Waals surface area (Å²) in [7, 11) is 0. The number of carbonyl (C=O) groups is 2. The van der Waals surface area contributed by atoms with Gasteiger partial charge in [0.05, 0.1) is 5.56 Å². The van der Waals surface area contributed by atoms with Crippen LogP contribution in [-0.4, -0.2) is 18.0 Å². The van der Waals surface area contributed by atoms with E-state index >= 15 is 0 Å². The van der Waals surface area contributed by atoms with E-state index in [1.165, 1.54) is 13.0 Å². The Morgan fingerprint density at radius 2 is 1.71 bits per heavy atom. The number of rotatable bonds is 4. The van der Waals surface area contributed by atoms with E-state index in [1.54, 1.807) is 0 Å². The molecule has 4 nitrogen and oxygen atoms in total. The summed E-state index contributed by atoms with van der Waals surface area (Å²) < 4.78 is 44.3. The van der Waals surface area contributed by atoms with E-state index in [9.17, 15) is 22.8 Å². The molecule has 1 amide bonds. The van der Waals surface area contributed by atoms with E-state index in [4.69, 9.17) is 16.3 Å². The number of esters is 1. The monoisotopic (exact) mass is 357 g/mol. The van der Waals surface area contributed by atoms with Gasteiger partial charge < -0.3 is 10.1 Å². The topological polar surface area (TPSA) is 55.4 Å². The van der Waals surface area contributed by atoms with Gasteiger partial charge in [0.2, 0.25) is 0 Å². The number of halogens is 4. The van der Waals surface area contributed by atoms with Crippen LogP contribution in [0.1, 0.15) is 17.3 Å². The summed E-state index contributed by atoms with van der Waals surface area (Å²) in [6.07, 6.45) is -1.30. The first-order valence-corrected chi connectivity index (χ1v) is 7.07. The summed E-state index contributed by atoms with van der Waals surface area (Å²) in [4.78, 5) is 23.8. The van der Waals surface area contributed by atoms with E-state index in [-0.39, 0.29) is 10.7 Å². The van der Waals surface area contributed by atoms with Crippen molar-refractivity contribution in [3.05, 3.63) is 64.4 Å². The average Bonchev–Trinajstić information content (AvgIpc) is 2.53. The summed E-state index contributed by atoms with van der Waals surface area (Å²) in [5.41, 5.74) is -0.439. The highest BCUT2D eigenvalue weighted by molar-refractivity contribution is 6.30. The van der Waals surface area contributed by atoms with Crippen molar-refractivity contribution in [2.45, 2.75) is 13.0 Å². The third-order valence-electron chi connectivity index (χ3n) is 2.99. The molecule has 0 aromatic heterocycles. The van der Waals surface area contributed by atoms with Crippen LogP contribution in [0.15, 0.2) is 36.4 Å². The summed E-state index contributed by atoms with van der Waals surface area (Å²) in [6, 6.07) is 6.07. The summed E-state index contributed by atoms with van der Waals surface area (Å²) >= 11 is 5.68. The Hall–Kier alpha value is -2.54. The Kier molecular flexibility index (Phi) is 5.46. The van der Waals surface area contributed by atoms with Crippen molar-refractivity contribution < 1.29 is 27.5 Å². The molecule has 0 unspecified atom stereocenters. The van der Waals surface area contributed by atoms with Gasteiger partial charge in [0.15, 0.2) is 17.7 Å². The third kappa shape index (κ3) is 4.26. The lowest BCUT2D eigenvalue weighted by atomic mass is 10.2. The van der Waals surface area contributed by atoms with Crippen LogP contribution in [0.5, 0.6) is 0 Å². The van der Waals surface area contributed by atoms with E-state index in [0.717, 1.165) is 30.3 Å². The van der Waals surface area contributed by atoms with Crippen molar-refractivity contribution in [1.29, 1.82) is 0 Å². The fourth-order valence-corrected chi connectivity index (χ4v) is 1.92. The van der Waals surface area contributed by atoms with Crippen LogP contribution in [-0.2, 0) is 9.53 Å². The van der Waals surface area contributed by atoms with Crippen molar-refractivity contribution in [3.8, 4) is 0 Å². The van der Waals surface area contributed by atoms with Gasteiger partial charge in [-0.1, -0.05) is 11.6 Å². The molecule has 0 fully saturated rings. The highest BCUT2D eigenvalue weighted by Crippen LogP contribution is 2.17. The number of nitrogens with one attached hydrogen (secondary N) is 1. The summed E-state index contributed by atoms with van der Waals surface area (Å²) in [5, 5.41) is 2.38. The molecule has 0 aliphatic heterocycles. The smallest absolute Gasteiger partial charge is 0.341 e. The lowest BCUT2D eigenvalue weighted by molar-refractivity contribution is -0.123. The second-order valence-corrected chi connectivity index (χ2v) is 5.23. The van der Waals surface area contributed by atoms with Gasteiger partial charge in [-0.3, -0.25) is 4.79 Å². The quantitative estimate of drug-likeness (QED) is 0.843. The number of hydrogen-bond acceptors (Lipinski definition) is 3. The summed E-state index contributed by atoms with van der Waals surface area (Å²) in [6.45, 7) is 1.25. The molecule has 8 heteroatoms. The molecule has 0 aliphatic carbocycles. The molecule has 0 radical (unpaired) electrons. The first-order chi connectivity index (χ1) is 11.3. The molecule has 2 rings (SSSR count). The molecule has 0 bridgehead atoms. The number of carbonyl (C=O) groups excluding carboxylic acids is 2. The molecule has 1 N–H and O–H groups in total. The Labute approximate surface area is 140 Å². The van der Waals surface area contributed by atoms with Crippen LogP contribution in [0.3, 0.4) is 0 Å². The molecule has 0 aliphatic rings. The Bertz CT molecular complexity index is 798. The minimum absolute atomic E-state index is 0.0178. The molecule has 2 aromatic rings. The van der Waals surface area contributed by atoms with E-state index in [2.05, 4.69) is 5.32 Å². The van der Waals surface area contributed by atoms with Gasteiger partial charge in [-0.2, -0.15) is 0 Å². The summed E-state index contributed by atoms with van der Waals surface area (Å²) in [5.74, 6) is -4.93. The molecule has 126 valence electrons. The second-order valence-electron chi connectivity index (χ2n) is 4.79. The zero-order valence-electron chi connectivity index (χ0n) is 12.3. The van der Waals surface area contributed by atoms with Crippen LogP contribution in [0.2, 0.25) is 5.02 Å². The maximum absolute atomic E-state index is 13.6. The largest absolute Gasteiger partial charge is 0.449 e. The Balaban J connectivity index is 2.04. The zero-order chi connectivity index (χ0) is 17.9. The number of hydrogen-bond donors (Lipinski definition) is 1. The molecule has 2 aromatic carbocycles. The minimum Gasteiger partial charge on any atom is -0.449 e. The average molecular weight is 358 g/mol. The Morgan fingerprint density at radius 1 is 1.04 bits per heavy atom. The molecule has 0 saturated heterocycles. The molecule has 0 saturated carbocycles. The predicted molar refractivity (Wildman–Crippen MR) is 81.3 cm³/mol. The SMILES string of the molecule is C[C@H](OC(=O)c1cc(Cl)ccc1F)C(=O)Nc1ccc(F)c(F)c1. The van der Waals surface area contributed by atoms with Gasteiger partial charge in [-0.15, -0.1) is 0 Å². The van der Waals surface area contributed by atoms with Crippen LogP contribution < -0.4 is 5.32 Å². The predicted octanol–water partition coefficient (Wildman–Crippen LogP) is 3.94. The maximum Gasteiger partial charge on any atom is 0.341 e. The molecular formula is C16H11ClF3NO3. The normalized spacial score (nSPS) is 11.7. The molecule has 1 atom stereocenters. The molecular weight excluding hydrogens is 347 g/mol. The van der Waals surface area contributed by atoms with Crippen LogP contribution in [0, 0.1) is 17.5 Å². The standard InChI is InChI=1S/C16H11ClF3NO3/c1-8(15(22)21-10-3-5-13(19)14(20)7-10)24-16(23)11-6-9(17)2-4-12(11)18/h2-8H,1H3,(H,21,22)/t8-/m0/s1. The lowest BCUT2D eigenvalue weighted by Gasteiger charge is -2.14. The van der Waals surface area contributed by atoms with Gasteiger partial charge in [0.1, 0.15) is 5.82 Å². The van der Waals surface area contributed by atoms with Crippen LogP contribution >= 0.6 is 11.6 Å². The maximum atomic E-state index is 13.6. The highest BCUT2D eigenvalue weighted by Gasteiger charge is 2.21. The zero-order valence-corrected chi connectivity index (χ0v) is 13.0. The number of amides is 1. The third-order valence-corrected chi connectivity index (χ3v) is 3.22. The second kappa shape index (κ2) is 7.35. The fourth-order valence-electron chi connectivity index (χ4n) is 1.75. The fraction of sp³-hybridized carbons (Fsp3) is 0.125. The van der Waals surface area contributed by atoms with Crippen molar-refractivity contribution in [3.63, 3.8) is 0 Å². The van der Waals surface area contributed by atoms with Gasteiger partial charge in [-0.25, -0.2) is 18.0 Å². The highest BCUT2D eigenvalue weighted by atomic mass is 35.5.